The lowest BCUT2D eigenvalue weighted by atomic mass is 10.4. The summed E-state index contributed by atoms with van der Waals surface area (Å²) in [7, 11) is 0. The van der Waals surface area contributed by atoms with Gasteiger partial charge in [-0.25, -0.2) is 4.59 Å². The smallest absolute Gasteiger partial charge is 0.265 e. The van der Waals surface area contributed by atoms with Gasteiger partial charge < -0.3 is 0 Å². The molecule has 0 aromatic heterocycles. The number of quaternary nitrogens is 1. The molecule has 0 atom stereocenters. The van der Waals surface area contributed by atoms with Crippen LogP contribution in [0.15, 0.2) is 12.7 Å². The van der Waals surface area contributed by atoms with E-state index in [9.17, 15) is 4.79 Å². The monoisotopic (exact) mass is 171 g/mol. The molecular formula is C9H19N2O+. The Kier molecular flexibility index (Phi) is 4.59. The average Bonchev–Trinajstić information content (AvgIpc) is 2.14. The van der Waals surface area contributed by atoms with E-state index < -0.39 is 0 Å². The Hall–Kier alpha value is -0.830. The first-order valence-electron chi connectivity index (χ1n) is 4.44. The molecule has 70 valence electrons. The van der Waals surface area contributed by atoms with Crippen molar-refractivity contribution in [3.63, 3.8) is 0 Å². The quantitative estimate of drug-likeness (QED) is 0.374. The van der Waals surface area contributed by atoms with Crippen LogP contribution in [-0.2, 0) is 4.79 Å². The zero-order chi connectivity index (χ0) is 9.61. The summed E-state index contributed by atoms with van der Waals surface area (Å²) >= 11 is 0. The Morgan fingerprint density at radius 2 is 1.75 bits per heavy atom. The maximum atomic E-state index is 11.1. The molecule has 0 aromatic carbocycles. The Labute approximate surface area is 74.6 Å². The number of hydrogen-bond donors (Lipinski definition) is 1. The molecular weight excluding hydrogens is 152 g/mol. The van der Waals surface area contributed by atoms with Gasteiger partial charge in [-0.05, 0) is 20.8 Å². The Morgan fingerprint density at radius 3 is 2.00 bits per heavy atom. The van der Waals surface area contributed by atoms with Gasteiger partial charge in [-0.3, -0.25) is 4.79 Å². The van der Waals surface area contributed by atoms with Crippen LogP contribution in [0.2, 0.25) is 0 Å². The summed E-state index contributed by atoms with van der Waals surface area (Å²) in [5.74, 6) is -0.0967. The van der Waals surface area contributed by atoms with E-state index in [0.717, 1.165) is 19.6 Å². The first-order valence-corrected chi connectivity index (χ1v) is 4.44. The van der Waals surface area contributed by atoms with Crippen LogP contribution >= 0.6 is 0 Å². The van der Waals surface area contributed by atoms with Crippen molar-refractivity contribution in [1.29, 1.82) is 0 Å². The molecule has 0 radical (unpaired) electrons. The number of amides is 1. The predicted molar refractivity (Wildman–Crippen MR) is 50.2 cm³/mol. The number of hydrogen-bond acceptors (Lipinski definition) is 1. The highest BCUT2D eigenvalue weighted by atomic mass is 16.2. The van der Waals surface area contributed by atoms with Crippen LogP contribution < -0.4 is 5.43 Å². The van der Waals surface area contributed by atoms with Gasteiger partial charge in [-0.1, -0.05) is 6.58 Å². The fraction of sp³-hybridized carbons (Fsp3) is 0.667. The van der Waals surface area contributed by atoms with Gasteiger partial charge >= 0.3 is 0 Å². The van der Waals surface area contributed by atoms with Gasteiger partial charge in [-0.15, -0.1) is 0 Å². The van der Waals surface area contributed by atoms with Crippen LogP contribution in [0.25, 0.3) is 0 Å². The molecule has 12 heavy (non-hydrogen) atoms. The summed E-state index contributed by atoms with van der Waals surface area (Å²) in [4.78, 5) is 11.1. The fourth-order valence-corrected chi connectivity index (χ4v) is 1.19. The lowest BCUT2D eigenvalue weighted by Gasteiger charge is -2.34. The molecule has 0 saturated heterocycles. The highest BCUT2D eigenvalue weighted by Gasteiger charge is 2.22. The predicted octanol–water partition coefficient (Wildman–Crippen LogP) is 1.08. The summed E-state index contributed by atoms with van der Waals surface area (Å²) in [5, 5.41) is 0. The molecule has 3 nitrogen and oxygen atoms in total. The molecule has 0 aliphatic rings. The lowest BCUT2D eigenvalue weighted by Crippen LogP contribution is -2.59. The van der Waals surface area contributed by atoms with Gasteiger partial charge in [0.05, 0.1) is 19.6 Å². The van der Waals surface area contributed by atoms with Crippen LogP contribution in [0, 0.1) is 0 Å². The standard InChI is InChI=1S/C9H18N2O/c1-5-9(12)10-11(6-2,7-3)8-4/h5H,1,6-8H2,2-4H3/p+1. The van der Waals surface area contributed by atoms with Crippen molar-refractivity contribution in [2.45, 2.75) is 20.8 Å². The van der Waals surface area contributed by atoms with Gasteiger partial charge in [0.1, 0.15) is 0 Å². The van der Waals surface area contributed by atoms with E-state index in [1.165, 1.54) is 6.08 Å². The van der Waals surface area contributed by atoms with Crippen molar-refractivity contribution >= 4 is 5.91 Å². The van der Waals surface area contributed by atoms with Crippen molar-refractivity contribution in [3.8, 4) is 0 Å². The van der Waals surface area contributed by atoms with Gasteiger partial charge in [0, 0.05) is 6.08 Å². The topological polar surface area (TPSA) is 29.1 Å². The van der Waals surface area contributed by atoms with Crippen molar-refractivity contribution in [2.75, 3.05) is 19.6 Å². The molecule has 0 unspecified atom stereocenters. The van der Waals surface area contributed by atoms with Crippen LogP contribution in [0.5, 0.6) is 0 Å². The summed E-state index contributed by atoms with van der Waals surface area (Å²) in [6, 6.07) is 0. The lowest BCUT2D eigenvalue weighted by molar-refractivity contribution is -0.956. The molecule has 0 spiro atoms. The highest BCUT2D eigenvalue weighted by molar-refractivity contribution is 5.85. The minimum absolute atomic E-state index is 0.0967. The van der Waals surface area contributed by atoms with E-state index in [-0.39, 0.29) is 5.91 Å². The largest absolute Gasteiger partial charge is 0.288 e. The summed E-state index contributed by atoms with van der Waals surface area (Å²) in [5.41, 5.74) is 2.91. The van der Waals surface area contributed by atoms with Crippen LogP contribution in [0.1, 0.15) is 20.8 Å². The van der Waals surface area contributed by atoms with E-state index in [0.29, 0.717) is 4.59 Å². The van der Waals surface area contributed by atoms with Crippen molar-refractivity contribution in [3.05, 3.63) is 12.7 Å². The van der Waals surface area contributed by atoms with Crippen LogP contribution in [-0.4, -0.2) is 30.1 Å². The molecule has 0 aliphatic carbocycles. The van der Waals surface area contributed by atoms with E-state index in [1.54, 1.807) is 0 Å². The molecule has 0 aromatic rings. The number of carbonyl (C=O) groups excluding carboxylic acids is 1. The highest BCUT2D eigenvalue weighted by Crippen LogP contribution is 1.99. The third-order valence-corrected chi connectivity index (χ3v) is 2.35. The van der Waals surface area contributed by atoms with E-state index in [1.807, 2.05) is 0 Å². The second-order valence-corrected chi connectivity index (χ2v) is 2.77. The summed E-state index contributed by atoms with van der Waals surface area (Å²) in [6.45, 7) is 12.4. The molecule has 0 fully saturated rings. The number of nitrogens with zero attached hydrogens (tertiary/aromatic N) is 1. The molecule has 0 heterocycles. The maximum absolute atomic E-state index is 11.1. The Morgan fingerprint density at radius 1 is 1.33 bits per heavy atom. The molecule has 0 rings (SSSR count). The SMILES string of the molecule is C=CC(=O)N[N+](CC)(CC)CC. The fourth-order valence-electron chi connectivity index (χ4n) is 1.19. The Balaban J connectivity index is 4.29. The minimum Gasteiger partial charge on any atom is -0.265 e. The summed E-state index contributed by atoms with van der Waals surface area (Å²) < 4.78 is 0.630. The first-order chi connectivity index (χ1) is 5.64. The van der Waals surface area contributed by atoms with Crippen LogP contribution in [0.4, 0.5) is 0 Å². The van der Waals surface area contributed by atoms with Gasteiger partial charge in [0.25, 0.3) is 5.91 Å². The molecule has 1 N–H and O–H groups in total. The minimum atomic E-state index is -0.0967. The summed E-state index contributed by atoms with van der Waals surface area (Å²) in [6.07, 6.45) is 1.31. The van der Waals surface area contributed by atoms with E-state index in [2.05, 4.69) is 32.8 Å². The second kappa shape index (κ2) is 4.93. The van der Waals surface area contributed by atoms with E-state index >= 15 is 0 Å². The molecule has 3 heteroatoms. The number of rotatable bonds is 5. The van der Waals surface area contributed by atoms with Gasteiger partial charge in [-0.2, -0.15) is 5.43 Å². The first kappa shape index (κ1) is 11.2. The van der Waals surface area contributed by atoms with Crippen molar-refractivity contribution < 1.29 is 9.39 Å². The Bertz CT molecular complexity index is 154. The molecule has 1 amide bonds. The zero-order valence-electron chi connectivity index (χ0n) is 8.26. The third-order valence-electron chi connectivity index (χ3n) is 2.35. The van der Waals surface area contributed by atoms with E-state index in [4.69, 9.17) is 0 Å². The van der Waals surface area contributed by atoms with Crippen LogP contribution in [0.3, 0.4) is 0 Å². The van der Waals surface area contributed by atoms with Gasteiger partial charge in [0.2, 0.25) is 0 Å². The van der Waals surface area contributed by atoms with Gasteiger partial charge in [0.15, 0.2) is 0 Å². The molecule has 0 bridgehead atoms. The third kappa shape index (κ3) is 2.66. The molecule has 0 saturated carbocycles. The zero-order valence-corrected chi connectivity index (χ0v) is 8.26. The average molecular weight is 171 g/mol. The maximum Gasteiger partial charge on any atom is 0.288 e. The van der Waals surface area contributed by atoms with Crippen molar-refractivity contribution in [2.24, 2.45) is 0 Å². The molecule has 0 aliphatic heterocycles. The normalized spacial score (nSPS) is 10.9. The number of carbonyl (C=O) groups is 1. The number of nitrogens with one attached hydrogen (secondary N) is 1. The second-order valence-electron chi connectivity index (χ2n) is 2.77. The van der Waals surface area contributed by atoms with Crippen molar-refractivity contribution in [1.82, 2.24) is 5.43 Å².